The van der Waals surface area contributed by atoms with Crippen molar-refractivity contribution in [2.24, 2.45) is 5.92 Å². The van der Waals surface area contributed by atoms with Gasteiger partial charge in [-0.15, -0.1) is 0 Å². The van der Waals surface area contributed by atoms with E-state index in [1.165, 1.54) is 14.2 Å². The Bertz CT molecular complexity index is 370. The molecule has 92 valence electrons. The quantitative estimate of drug-likeness (QED) is 0.590. The van der Waals surface area contributed by atoms with Gasteiger partial charge in [0.15, 0.2) is 5.92 Å². The van der Waals surface area contributed by atoms with Crippen LogP contribution in [0.25, 0.3) is 0 Å². The van der Waals surface area contributed by atoms with E-state index in [4.69, 9.17) is 0 Å². The van der Waals surface area contributed by atoms with Crippen LogP contribution in [0.3, 0.4) is 0 Å². The molecular formula is C13H16O4. The summed E-state index contributed by atoms with van der Waals surface area (Å²) in [5, 5.41) is 0. The zero-order valence-electron chi connectivity index (χ0n) is 10.2. The predicted octanol–water partition coefficient (Wildman–Crippen LogP) is 1.75. The predicted molar refractivity (Wildman–Crippen MR) is 62.4 cm³/mol. The van der Waals surface area contributed by atoms with Crippen molar-refractivity contribution in [2.75, 3.05) is 14.2 Å². The molecule has 0 aromatic heterocycles. The molecule has 0 aliphatic heterocycles. The average Bonchev–Trinajstić information content (AvgIpc) is 2.39. The fourth-order valence-electron chi connectivity index (χ4n) is 1.71. The lowest BCUT2D eigenvalue weighted by molar-refractivity contribution is -0.159. The van der Waals surface area contributed by atoms with Gasteiger partial charge in [-0.25, -0.2) is 0 Å². The first-order valence-corrected chi connectivity index (χ1v) is 5.32. The second-order valence-electron chi connectivity index (χ2n) is 3.72. The maximum Gasteiger partial charge on any atom is 0.320 e. The molecule has 0 heterocycles. The number of ether oxygens (including phenoxy) is 2. The first-order chi connectivity index (χ1) is 8.11. The van der Waals surface area contributed by atoms with Gasteiger partial charge in [-0.3, -0.25) is 9.59 Å². The molecule has 17 heavy (non-hydrogen) atoms. The molecular weight excluding hydrogens is 220 g/mol. The third-order valence-electron chi connectivity index (χ3n) is 2.74. The van der Waals surface area contributed by atoms with E-state index in [0.29, 0.717) is 0 Å². The SMILES string of the molecule is COC(=O)C(C(=O)OC)[C@@H](C)c1ccccc1. The summed E-state index contributed by atoms with van der Waals surface area (Å²) in [6.07, 6.45) is 0. The Labute approximate surface area is 101 Å². The van der Waals surface area contributed by atoms with E-state index in [1.54, 1.807) is 6.92 Å². The van der Waals surface area contributed by atoms with Gasteiger partial charge in [0.05, 0.1) is 14.2 Å². The van der Waals surface area contributed by atoms with Crippen LogP contribution in [-0.4, -0.2) is 26.2 Å². The molecule has 1 rings (SSSR count). The second kappa shape index (κ2) is 6.03. The van der Waals surface area contributed by atoms with Crippen molar-refractivity contribution in [3.05, 3.63) is 35.9 Å². The monoisotopic (exact) mass is 236 g/mol. The van der Waals surface area contributed by atoms with E-state index < -0.39 is 17.9 Å². The van der Waals surface area contributed by atoms with Crippen LogP contribution >= 0.6 is 0 Å². The lowest BCUT2D eigenvalue weighted by Crippen LogP contribution is -2.31. The molecule has 0 radical (unpaired) electrons. The lowest BCUT2D eigenvalue weighted by Gasteiger charge is -2.19. The standard InChI is InChI=1S/C13H16O4/c1-9(10-7-5-4-6-8-10)11(12(14)16-2)13(15)17-3/h4-9,11H,1-3H3/t9-/m0/s1. The van der Waals surface area contributed by atoms with Crippen molar-refractivity contribution in [1.82, 2.24) is 0 Å². The van der Waals surface area contributed by atoms with Crippen molar-refractivity contribution in [3.8, 4) is 0 Å². The smallest absolute Gasteiger partial charge is 0.320 e. The van der Waals surface area contributed by atoms with E-state index in [-0.39, 0.29) is 5.92 Å². The second-order valence-corrected chi connectivity index (χ2v) is 3.72. The largest absolute Gasteiger partial charge is 0.468 e. The van der Waals surface area contributed by atoms with Crippen LogP contribution in [0.2, 0.25) is 0 Å². The van der Waals surface area contributed by atoms with Gasteiger partial charge in [0, 0.05) is 5.92 Å². The van der Waals surface area contributed by atoms with Gasteiger partial charge in [0.2, 0.25) is 0 Å². The molecule has 0 bridgehead atoms. The molecule has 1 aromatic rings. The van der Waals surface area contributed by atoms with Crippen molar-refractivity contribution in [1.29, 1.82) is 0 Å². The third kappa shape index (κ3) is 3.06. The van der Waals surface area contributed by atoms with E-state index >= 15 is 0 Å². The summed E-state index contributed by atoms with van der Waals surface area (Å²) in [5.41, 5.74) is 0.897. The highest BCUT2D eigenvalue weighted by molar-refractivity contribution is 5.95. The fraction of sp³-hybridized carbons (Fsp3) is 0.385. The Morgan fingerprint density at radius 3 is 1.88 bits per heavy atom. The summed E-state index contributed by atoms with van der Waals surface area (Å²) in [5.74, 6) is -2.36. The number of benzene rings is 1. The zero-order valence-corrected chi connectivity index (χ0v) is 10.2. The molecule has 0 fully saturated rings. The molecule has 0 N–H and O–H groups in total. The van der Waals surface area contributed by atoms with E-state index in [0.717, 1.165) is 5.56 Å². The molecule has 0 saturated heterocycles. The van der Waals surface area contributed by atoms with Gasteiger partial charge in [0.25, 0.3) is 0 Å². The summed E-state index contributed by atoms with van der Waals surface area (Å²) in [6, 6.07) is 9.32. The Balaban J connectivity index is 2.99. The average molecular weight is 236 g/mol. The van der Waals surface area contributed by atoms with E-state index in [2.05, 4.69) is 9.47 Å². The lowest BCUT2D eigenvalue weighted by atomic mass is 9.87. The Hall–Kier alpha value is -1.84. The highest BCUT2D eigenvalue weighted by atomic mass is 16.5. The van der Waals surface area contributed by atoms with Gasteiger partial charge < -0.3 is 9.47 Å². The molecule has 0 amide bonds. The number of hydrogen-bond donors (Lipinski definition) is 0. The topological polar surface area (TPSA) is 52.6 Å². The van der Waals surface area contributed by atoms with Crippen LogP contribution in [-0.2, 0) is 19.1 Å². The highest BCUT2D eigenvalue weighted by Gasteiger charge is 2.34. The van der Waals surface area contributed by atoms with Crippen LogP contribution < -0.4 is 0 Å². The third-order valence-corrected chi connectivity index (χ3v) is 2.74. The number of rotatable bonds is 4. The number of methoxy groups -OCH3 is 2. The van der Waals surface area contributed by atoms with Gasteiger partial charge in [-0.1, -0.05) is 37.3 Å². The number of hydrogen-bond acceptors (Lipinski definition) is 4. The zero-order chi connectivity index (χ0) is 12.8. The van der Waals surface area contributed by atoms with Crippen LogP contribution in [0.5, 0.6) is 0 Å². The minimum absolute atomic E-state index is 0.281. The minimum Gasteiger partial charge on any atom is -0.468 e. The molecule has 4 nitrogen and oxygen atoms in total. The summed E-state index contributed by atoms with van der Waals surface area (Å²) in [4.78, 5) is 23.2. The molecule has 0 aliphatic rings. The summed E-state index contributed by atoms with van der Waals surface area (Å²) in [6.45, 7) is 1.80. The van der Waals surface area contributed by atoms with E-state index in [9.17, 15) is 9.59 Å². The maximum atomic E-state index is 11.6. The van der Waals surface area contributed by atoms with Crippen molar-refractivity contribution in [2.45, 2.75) is 12.8 Å². The Kier molecular flexibility index (Phi) is 4.69. The first-order valence-electron chi connectivity index (χ1n) is 5.32. The van der Waals surface area contributed by atoms with Crippen molar-refractivity contribution >= 4 is 11.9 Å². The van der Waals surface area contributed by atoms with Gasteiger partial charge >= 0.3 is 11.9 Å². The van der Waals surface area contributed by atoms with Crippen molar-refractivity contribution in [3.63, 3.8) is 0 Å². The maximum absolute atomic E-state index is 11.6. The number of carbonyl (C=O) groups excluding carboxylic acids is 2. The van der Waals surface area contributed by atoms with Gasteiger partial charge in [-0.2, -0.15) is 0 Å². The molecule has 0 saturated carbocycles. The van der Waals surface area contributed by atoms with E-state index in [1.807, 2.05) is 30.3 Å². The van der Waals surface area contributed by atoms with Crippen LogP contribution in [0.15, 0.2) is 30.3 Å². The molecule has 4 heteroatoms. The molecule has 0 spiro atoms. The summed E-state index contributed by atoms with van der Waals surface area (Å²) < 4.78 is 9.28. The molecule has 0 aliphatic carbocycles. The Morgan fingerprint density at radius 2 is 1.47 bits per heavy atom. The van der Waals surface area contributed by atoms with Gasteiger partial charge in [0.1, 0.15) is 0 Å². The normalized spacial score (nSPS) is 12.0. The summed E-state index contributed by atoms with van der Waals surface area (Å²) >= 11 is 0. The molecule has 1 aromatic carbocycles. The van der Waals surface area contributed by atoms with Gasteiger partial charge in [-0.05, 0) is 5.56 Å². The fourth-order valence-corrected chi connectivity index (χ4v) is 1.71. The Morgan fingerprint density at radius 1 is 1.00 bits per heavy atom. The number of carbonyl (C=O) groups is 2. The molecule has 1 atom stereocenters. The minimum atomic E-state index is -0.924. The van der Waals surface area contributed by atoms with Crippen LogP contribution in [0, 0.1) is 5.92 Å². The highest BCUT2D eigenvalue weighted by Crippen LogP contribution is 2.26. The van der Waals surface area contributed by atoms with Crippen LogP contribution in [0.4, 0.5) is 0 Å². The van der Waals surface area contributed by atoms with Crippen LogP contribution in [0.1, 0.15) is 18.4 Å². The first kappa shape index (κ1) is 13.2. The number of esters is 2. The molecule has 0 unspecified atom stereocenters. The summed E-state index contributed by atoms with van der Waals surface area (Å²) in [7, 11) is 2.52. The van der Waals surface area contributed by atoms with Crippen molar-refractivity contribution < 1.29 is 19.1 Å².